The van der Waals surface area contributed by atoms with Gasteiger partial charge in [0.25, 0.3) is 10.0 Å². The number of hydrogen-bond acceptors (Lipinski definition) is 5. The molecule has 37 heavy (non-hydrogen) atoms. The highest BCUT2D eigenvalue weighted by molar-refractivity contribution is 7.92. The molecular formula is C25H24ClF3N2O5S. The number of nitrogens with zero attached hydrogens (tertiary/aromatic N) is 1. The zero-order valence-corrected chi connectivity index (χ0v) is 21.5. The standard InChI is InChI=1S/C25H24ClF3N2O5S/c1-17-7-10-19(11-8-17)37(33,34)31(18-9-12-21(26)20(15-18)25(27,28)29)16-24(32)30-13-14-36-23-6-4-3-5-22(23)35-2/h3-12,15H,13-14,16H2,1-2H3,(H,30,32). The zero-order chi connectivity index (χ0) is 27.2. The van der Waals surface area contributed by atoms with Crippen LogP contribution in [-0.2, 0) is 21.0 Å². The van der Waals surface area contributed by atoms with Crippen LogP contribution in [0.1, 0.15) is 11.1 Å². The highest BCUT2D eigenvalue weighted by Gasteiger charge is 2.35. The van der Waals surface area contributed by atoms with Gasteiger partial charge in [-0.3, -0.25) is 9.10 Å². The minimum atomic E-state index is -4.83. The number of sulfonamides is 1. The molecule has 0 bridgehead atoms. The van der Waals surface area contributed by atoms with Crippen LogP contribution in [0.5, 0.6) is 11.5 Å². The summed E-state index contributed by atoms with van der Waals surface area (Å²) in [6.07, 6.45) is -4.83. The van der Waals surface area contributed by atoms with Gasteiger partial charge in [-0.25, -0.2) is 8.42 Å². The molecule has 0 aliphatic rings. The van der Waals surface area contributed by atoms with E-state index in [0.717, 1.165) is 17.7 Å². The summed E-state index contributed by atoms with van der Waals surface area (Å²) in [5, 5.41) is 1.92. The number of methoxy groups -OCH3 is 1. The van der Waals surface area contributed by atoms with Crippen molar-refractivity contribution in [3.05, 3.63) is 82.9 Å². The van der Waals surface area contributed by atoms with Crippen molar-refractivity contribution in [1.29, 1.82) is 0 Å². The molecule has 0 saturated heterocycles. The fraction of sp³-hybridized carbons (Fsp3) is 0.240. The van der Waals surface area contributed by atoms with Gasteiger partial charge in [-0.1, -0.05) is 41.4 Å². The first-order valence-corrected chi connectivity index (χ1v) is 12.7. The number of hydrogen-bond donors (Lipinski definition) is 1. The maximum atomic E-state index is 13.5. The van der Waals surface area contributed by atoms with Crippen molar-refractivity contribution in [3.8, 4) is 11.5 Å². The van der Waals surface area contributed by atoms with Crippen molar-refractivity contribution in [2.24, 2.45) is 0 Å². The Morgan fingerprint density at radius 1 is 1.03 bits per heavy atom. The highest BCUT2D eigenvalue weighted by atomic mass is 35.5. The number of anilines is 1. The number of aryl methyl sites for hydroxylation is 1. The lowest BCUT2D eigenvalue weighted by Gasteiger charge is -2.25. The molecule has 3 aromatic rings. The van der Waals surface area contributed by atoms with Gasteiger partial charge in [-0.2, -0.15) is 13.2 Å². The molecule has 3 rings (SSSR count). The Labute approximate surface area is 217 Å². The number of nitrogens with one attached hydrogen (secondary N) is 1. The van der Waals surface area contributed by atoms with Crippen LogP contribution < -0.4 is 19.1 Å². The van der Waals surface area contributed by atoms with E-state index < -0.39 is 39.2 Å². The van der Waals surface area contributed by atoms with Crippen molar-refractivity contribution < 1.29 is 35.9 Å². The largest absolute Gasteiger partial charge is 0.493 e. The van der Waals surface area contributed by atoms with E-state index >= 15 is 0 Å². The molecule has 1 amide bonds. The number of carbonyl (C=O) groups excluding carboxylic acids is 1. The molecule has 198 valence electrons. The third-order valence-electron chi connectivity index (χ3n) is 5.19. The van der Waals surface area contributed by atoms with Crippen LogP contribution in [0.2, 0.25) is 5.02 Å². The van der Waals surface area contributed by atoms with E-state index in [0.29, 0.717) is 21.9 Å². The van der Waals surface area contributed by atoms with Crippen LogP contribution >= 0.6 is 11.6 Å². The summed E-state index contributed by atoms with van der Waals surface area (Å²) in [6.45, 7) is 1.02. The number of halogens is 4. The van der Waals surface area contributed by atoms with Gasteiger partial charge in [0.05, 0.1) is 34.8 Å². The maximum Gasteiger partial charge on any atom is 0.417 e. The van der Waals surface area contributed by atoms with E-state index in [2.05, 4.69) is 5.32 Å². The summed E-state index contributed by atoms with van der Waals surface area (Å²) in [7, 11) is -2.93. The molecule has 0 aliphatic heterocycles. The van der Waals surface area contributed by atoms with Gasteiger partial charge >= 0.3 is 6.18 Å². The molecule has 1 N–H and O–H groups in total. The molecule has 12 heteroatoms. The van der Waals surface area contributed by atoms with Crippen LogP contribution in [0.3, 0.4) is 0 Å². The van der Waals surface area contributed by atoms with Crippen LogP contribution in [0.4, 0.5) is 18.9 Å². The Balaban J connectivity index is 1.82. The third kappa shape index (κ3) is 7.07. The predicted octanol–water partition coefficient (Wildman–Crippen LogP) is 5.07. The maximum absolute atomic E-state index is 13.5. The average Bonchev–Trinajstić information content (AvgIpc) is 2.85. The number of benzene rings is 3. The number of para-hydroxylation sites is 2. The summed E-state index contributed by atoms with van der Waals surface area (Å²) < 4.78 is 78.6. The number of amides is 1. The summed E-state index contributed by atoms with van der Waals surface area (Å²) in [4.78, 5) is 12.5. The lowest BCUT2D eigenvalue weighted by molar-refractivity contribution is -0.137. The second kappa shape index (κ2) is 11.7. The summed E-state index contributed by atoms with van der Waals surface area (Å²) >= 11 is 5.71. The fourth-order valence-corrected chi connectivity index (χ4v) is 4.95. The van der Waals surface area contributed by atoms with Crippen LogP contribution in [0, 0.1) is 6.92 Å². The van der Waals surface area contributed by atoms with E-state index in [1.165, 1.54) is 19.2 Å². The van der Waals surface area contributed by atoms with E-state index in [-0.39, 0.29) is 23.7 Å². The lowest BCUT2D eigenvalue weighted by Crippen LogP contribution is -2.42. The molecule has 0 radical (unpaired) electrons. The normalized spacial score (nSPS) is 11.6. The quantitative estimate of drug-likeness (QED) is 0.353. The molecule has 0 aromatic heterocycles. The molecule has 7 nitrogen and oxygen atoms in total. The number of carbonyl (C=O) groups is 1. The second-order valence-corrected chi connectivity index (χ2v) is 10.1. The van der Waals surface area contributed by atoms with Gasteiger partial charge in [0.15, 0.2) is 11.5 Å². The number of rotatable bonds is 10. The first-order valence-electron chi connectivity index (χ1n) is 10.9. The molecule has 0 fully saturated rings. The van der Waals surface area contributed by atoms with Gasteiger partial charge in [-0.15, -0.1) is 0 Å². The Morgan fingerprint density at radius 3 is 2.30 bits per heavy atom. The van der Waals surface area contributed by atoms with E-state index in [1.807, 2.05) is 0 Å². The number of ether oxygens (including phenoxy) is 2. The Bertz CT molecular complexity index is 1350. The second-order valence-electron chi connectivity index (χ2n) is 7.84. The lowest BCUT2D eigenvalue weighted by atomic mass is 10.2. The molecule has 0 aliphatic carbocycles. The molecule has 0 spiro atoms. The van der Waals surface area contributed by atoms with Gasteiger partial charge < -0.3 is 14.8 Å². The molecule has 0 unspecified atom stereocenters. The highest BCUT2D eigenvalue weighted by Crippen LogP contribution is 2.38. The molecule has 0 saturated carbocycles. The van der Waals surface area contributed by atoms with Crippen molar-refractivity contribution in [2.45, 2.75) is 18.0 Å². The van der Waals surface area contributed by atoms with Gasteiger partial charge in [0.2, 0.25) is 5.91 Å². The number of alkyl halides is 3. The smallest absolute Gasteiger partial charge is 0.417 e. The molecule has 0 heterocycles. The van der Waals surface area contributed by atoms with Gasteiger partial charge in [0, 0.05) is 0 Å². The van der Waals surface area contributed by atoms with Gasteiger partial charge in [-0.05, 0) is 49.4 Å². The molecule has 0 atom stereocenters. The summed E-state index contributed by atoms with van der Waals surface area (Å²) in [6, 6.07) is 15.3. The van der Waals surface area contributed by atoms with Crippen LogP contribution in [0.25, 0.3) is 0 Å². The SMILES string of the molecule is COc1ccccc1OCCNC(=O)CN(c1ccc(Cl)c(C(F)(F)F)c1)S(=O)(=O)c1ccc(C)cc1. The zero-order valence-electron chi connectivity index (χ0n) is 19.9. The summed E-state index contributed by atoms with van der Waals surface area (Å²) in [5.41, 5.74) is -0.803. The Morgan fingerprint density at radius 2 is 1.68 bits per heavy atom. The predicted molar refractivity (Wildman–Crippen MR) is 134 cm³/mol. The average molecular weight is 557 g/mol. The van der Waals surface area contributed by atoms with Crippen LogP contribution in [-0.4, -0.2) is 41.1 Å². The Hall–Kier alpha value is -3.44. The monoisotopic (exact) mass is 556 g/mol. The van der Waals surface area contributed by atoms with Crippen molar-refractivity contribution in [1.82, 2.24) is 5.32 Å². The topological polar surface area (TPSA) is 84.9 Å². The Kier molecular flexibility index (Phi) is 8.93. The van der Waals surface area contributed by atoms with Crippen molar-refractivity contribution in [2.75, 3.05) is 31.1 Å². The van der Waals surface area contributed by atoms with Crippen molar-refractivity contribution >= 4 is 33.2 Å². The van der Waals surface area contributed by atoms with Crippen molar-refractivity contribution in [3.63, 3.8) is 0 Å². The van der Waals surface area contributed by atoms with E-state index in [1.54, 1.807) is 43.3 Å². The molecule has 3 aromatic carbocycles. The fourth-order valence-electron chi connectivity index (χ4n) is 3.31. The van der Waals surface area contributed by atoms with Crippen LogP contribution in [0.15, 0.2) is 71.6 Å². The minimum Gasteiger partial charge on any atom is -0.493 e. The third-order valence-corrected chi connectivity index (χ3v) is 7.31. The van der Waals surface area contributed by atoms with Gasteiger partial charge in [0.1, 0.15) is 13.2 Å². The van der Waals surface area contributed by atoms with E-state index in [4.69, 9.17) is 21.1 Å². The molecular weight excluding hydrogens is 533 g/mol. The first-order chi connectivity index (χ1) is 17.4. The first kappa shape index (κ1) is 28.1. The minimum absolute atomic E-state index is 0.00369. The van der Waals surface area contributed by atoms with E-state index in [9.17, 15) is 26.4 Å². The summed E-state index contributed by atoms with van der Waals surface area (Å²) in [5.74, 6) is 0.193.